The van der Waals surface area contributed by atoms with Crippen LogP contribution in [0, 0.1) is 13.8 Å². The number of hydrogen-bond donors (Lipinski definition) is 1. The van der Waals surface area contributed by atoms with Crippen LogP contribution in [0.1, 0.15) is 22.9 Å². The van der Waals surface area contributed by atoms with E-state index in [9.17, 15) is 4.79 Å². The lowest BCUT2D eigenvalue weighted by atomic mass is 10.1. The SMILES string of the molecule is Cc1cccc(OCC(=O)NC[C@@H](c2ccco2)N(C)C)c1C. The molecule has 5 nitrogen and oxygen atoms in total. The quantitative estimate of drug-likeness (QED) is 0.853. The summed E-state index contributed by atoms with van der Waals surface area (Å²) in [6.45, 7) is 4.48. The average Bonchev–Trinajstić information content (AvgIpc) is 3.02. The molecule has 0 bridgehead atoms. The fraction of sp³-hybridized carbons (Fsp3) is 0.389. The van der Waals surface area contributed by atoms with E-state index in [0.717, 1.165) is 22.6 Å². The lowest BCUT2D eigenvalue weighted by Gasteiger charge is -2.22. The number of benzene rings is 1. The molecule has 0 spiro atoms. The third-order valence-corrected chi connectivity index (χ3v) is 3.90. The van der Waals surface area contributed by atoms with Gasteiger partial charge in [-0.15, -0.1) is 0 Å². The van der Waals surface area contributed by atoms with Crippen molar-refractivity contribution in [3.63, 3.8) is 0 Å². The van der Waals surface area contributed by atoms with E-state index in [1.165, 1.54) is 0 Å². The van der Waals surface area contributed by atoms with Gasteiger partial charge in [-0.25, -0.2) is 0 Å². The molecule has 1 amide bonds. The maximum atomic E-state index is 12.0. The number of rotatable bonds is 7. The molecule has 2 aromatic rings. The first kappa shape index (κ1) is 17.1. The molecule has 1 heterocycles. The van der Waals surface area contributed by atoms with Crippen molar-refractivity contribution in [1.29, 1.82) is 0 Å². The summed E-state index contributed by atoms with van der Waals surface area (Å²) in [4.78, 5) is 14.0. The zero-order valence-corrected chi connectivity index (χ0v) is 14.1. The van der Waals surface area contributed by atoms with Crippen molar-refractivity contribution in [2.45, 2.75) is 19.9 Å². The number of hydrogen-bond acceptors (Lipinski definition) is 4. The number of amides is 1. The molecule has 23 heavy (non-hydrogen) atoms. The molecule has 124 valence electrons. The highest BCUT2D eigenvalue weighted by Gasteiger charge is 2.18. The monoisotopic (exact) mass is 316 g/mol. The van der Waals surface area contributed by atoms with Gasteiger partial charge >= 0.3 is 0 Å². The van der Waals surface area contributed by atoms with Gasteiger partial charge in [-0.2, -0.15) is 0 Å². The number of furan rings is 1. The zero-order chi connectivity index (χ0) is 16.8. The molecule has 0 aliphatic rings. The topological polar surface area (TPSA) is 54.7 Å². The Kier molecular flexibility index (Phi) is 5.82. The van der Waals surface area contributed by atoms with Crippen molar-refractivity contribution in [2.75, 3.05) is 27.2 Å². The van der Waals surface area contributed by atoms with Gasteiger partial charge in [0.1, 0.15) is 11.5 Å². The van der Waals surface area contributed by atoms with Gasteiger partial charge in [-0.1, -0.05) is 12.1 Å². The maximum absolute atomic E-state index is 12.0. The fourth-order valence-corrected chi connectivity index (χ4v) is 2.30. The zero-order valence-electron chi connectivity index (χ0n) is 14.1. The minimum atomic E-state index is -0.149. The molecular weight excluding hydrogens is 292 g/mol. The molecule has 5 heteroatoms. The molecule has 0 fully saturated rings. The molecule has 0 radical (unpaired) electrons. The van der Waals surface area contributed by atoms with Gasteiger partial charge in [0.15, 0.2) is 6.61 Å². The van der Waals surface area contributed by atoms with Crippen molar-refractivity contribution in [2.24, 2.45) is 0 Å². The number of likely N-dealkylation sites (N-methyl/N-ethyl adjacent to an activating group) is 1. The highest BCUT2D eigenvalue weighted by atomic mass is 16.5. The molecular formula is C18H24N2O3. The van der Waals surface area contributed by atoms with Gasteiger partial charge in [-0.05, 0) is 57.3 Å². The molecule has 1 aromatic carbocycles. The van der Waals surface area contributed by atoms with Crippen LogP contribution in [0.15, 0.2) is 41.0 Å². The number of aryl methyl sites for hydroxylation is 1. The largest absolute Gasteiger partial charge is 0.483 e. The highest BCUT2D eigenvalue weighted by molar-refractivity contribution is 5.77. The first-order valence-corrected chi connectivity index (χ1v) is 7.64. The molecule has 1 aromatic heterocycles. The third-order valence-electron chi connectivity index (χ3n) is 3.90. The van der Waals surface area contributed by atoms with Crippen molar-refractivity contribution < 1.29 is 13.9 Å². The second-order valence-electron chi connectivity index (χ2n) is 5.79. The molecule has 0 aliphatic carbocycles. The van der Waals surface area contributed by atoms with E-state index >= 15 is 0 Å². The van der Waals surface area contributed by atoms with Crippen molar-refractivity contribution in [3.8, 4) is 5.75 Å². The Morgan fingerprint density at radius 2 is 2.04 bits per heavy atom. The van der Waals surface area contributed by atoms with Gasteiger partial charge in [0, 0.05) is 6.54 Å². The lowest BCUT2D eigenvalue weighted by molar-refractivity contribution is -0.123. The summed E-state index contributed by atoms with van der Waals surface area (Å²) in [5, 5.41) is 2.89. The van der Waals surface area contributed by atoms with E-state index in [1.54, 1.807) is 6.26 Å². The predicted octanol–water partition coefficient (Wildman–Crippen LogP) is 2.69. The van der Waals surface area contributed by atoms with Crippen molar-refractivity contribution >= 4 is 5.91 Å². The van der Waals surface area contributed by atoms with Crippen molar-refractivity contribution in [3.05, 3.63) is 53.5 Å². The summed E-state index contributed by atoms with van der Waals surface area (Å²) >= 11 is 0. The summed E-state index contributed by atoms with van der Waals surface area (Å²) in [5.41, 5.74) is 2.20. The molecule has 1 atom stereocenters. The Hall–Kier alpha value is -2.27. The molecule has 0 aliphatic heterocycles. The van der Waals surface area contributed by atoms with Gasteiger partial charge < -0.3 is 14.5 Å². The van der Waals surface area contributed by atoms with Crippen LogP contribution >= 0.6 is 0 Å². The second-order valence-corrected chi connectivity index (χ2v) is 5.79. The molecule has 0 saturated carbocycles. The van der Waals surface area contributed by atoms with Crippen LogP contribution in [0.2, 0.25) is 0 Å². The lowest BCUT2D eigenvalue weighted by Crippen LogP contribution is -2.36. The summed E-state index contributed by atoms with van der Waals surface area (Å²) in [7, 11) is 3.90. The number of carbonyl (C=O) groups is 1. The fourth-order valence-electron chi connectivity index (χ4n) is 2.30. The Morgan fingerprint density at radius 3 is 2.70 bits per heavy atom. The van der Waals surface area contributed by atoms with Gasteiger partial charge in [0.2, 0.25) is 0 Å². The van der Waals surface area contributed by atoms with E-state index < -0.39 is 0 Å². The third kappa shape index (κ3) is 4.60. The van der Waals surface area contributed by atoms with E-state index in [-0.39, 0.29) is 18.6 Å². The Balaban J connectivity index is 1.86. The normalized spacial score (nSPS) is 12.2. The van der Waals surface area contributed by atoms with Crippen molar-refractivity contribution in [1.82, 2.24) is 10.2 Å². The first-order chi connectivity index (χ1) is 11.0. The maximum Gasteiger partial charge on any atom is 0.258 e. The summed E-state index contributed by atoms with van der Waals surface area (Å²) < 4.78 is 11.0. The van der Waals surface area contributed by atoms with Gasteiger partial charge in [0.25, 0.3) is 5.91 Å². The Bertz CT molecular complexity index is 636. The second kappa shape index (κ2) is 7.83. The number of nitrogens with zero attached hydrogens (tertiary/aromatic N) is 1. The minimum absolute atomic E-state index is 0.00258. The van der Waals surface area contributed by atoms with Crippen LogP contribution < -0.4 is 10.1 Å². The molecule has 2 rings (SSSR count). The smallest absolute Gasteiger partial charge is 0.258 e. The van der Waals surface area contributed by atoms with E-state index in [4.69, 9.17) is 9.15 Å². The van der Waals surface area contributed by atoms with Crippen LogP contribution in [-0.2, 0) is 4.79 Å². The van der Waals surface area contributed by atoms with Gasteiger partial charge in [-0.3, -0.25) is 9.69 Å². The summed E-state index contributed by atoms with van der Waals surface area (Å²) in [6, 6.07) is 9.57. The van der Waals surface area contributed by atoms with Crippen LogP contribution in [0.5, 0.6) is 5.75 Å². The Morgan fingerprint density at radius 1 is 1.26 bits per heavy atom. The van der Waals surface area contributed by atoms with E-state index in [1.807, 2.05) is 63.2 Å². The minimum Gasteiger partial charge on any atom is -0.483 e. The summed E-state index contributed by atoms with van der Waals surface area (Å²) in [6.07, 6.45) is 1.64. The highest BCUT2D eigenvalue weighted by Crippen LogP contribution is 2.20. The van der Waals surface area contributed by atoms with E-state index in [2.05, 4.69) is 5.32 Å². The standard InChI is InChI=1S/C18H24N2O3/c1-13-7-5-8-16(14(13)2)23-12-18(21)19-11-15(20(3)4)17-9-6-10-22-17/h5-10,15H,11-12H2,1-4H3,(H,19,21)/t15-/m0/s1. The van der Waals surface area contributed by atoms with Crippen LogP contribution in [0.25, 0.3) is 0 Å². The number of ether oxygens (including phenoxy) is 1. The predicted molar refractivity (Wildman–Crippen MR) is 89.6 cm³/mol. The number of carbonyl (C=O) groups excluding carboxylic acids is 1. The average molecular weight is 316 g/mol. The number of nitrogens with one attached hydrogen (secondary N) is 1. The molecule has 0 saturated heterocycles. The molecule has 1 N–H and O–H groups in total. The van der Waals surface area contributed by atoms with Crippen LogP contribution in [-0.4, -0.2) is 38.1 Å². The van der Waals surface area contributed by atoms with Crippen LogP contribution in [0.4, 0.5) is 0 Å². The van der Waals surface area contributed by atoms with Crippen LogP contribution in [0.3, 0.4) is 0 Å². The molecule has 0 unspecified atom stereocenters. The van der Waals surface area contributed by atoms with E-state index in [0.29, 0.717) is 6.54 Å². The Labute approximate surface area is 137 Å². The van der Waals surface area contributed by atoms with Gasteiger partial charge in [0.05, 0.1) is 12.3 Å². The summed E-state index contributed by atoms with van der Waals surface area (Å²) in [5.74, 6) is 1.42. The first-order valence-electron chi connectivity index (χ1n) is 7.64.